The van der Waals surface area contributed by atoms with Gasteiger partial charge in [0.1, 0.15) is 5.75 Å². The van der Waals surface area contributed by atoms with E-state index in [1.807, 2.05) is 18.2 Å². The van der Waals surface area contributed by atoms with Gasteiger partial charge in [-0.1, -0.05) is 29.3 Å². The predicted octanol–water partition coefficient (Wildman–Crippen LogP) is 3.44. The van der Waals surface area contributed by atoms with E-state index in [0.29, 0.717) is 11.6 Å². The molecule has 1 aromatic carbocycles. The van der Waals surface area contributed by atoms with Crippen molar-refractivity contribution >= 4 is 11.6 Å². The number of benzene rings is 1. The summed E-state index contributed by atoms with van der Waals surface area (Å²) in [7, 11) is 1.66. The normalized spacial score (nSPS) is 16.1. The average Bonchev–Trinajstić information content (AvgIpc) is 2.97. The van der Waals surface area contributed by atoms with E-state index in [0.717, 1.165) is 24.3 Å². The lowest BCUT2D eigenvalue weighted by Crippen LogP contribution is -2.29. The largest absolute Gasteiger partial charge is 0.496 e. The number of ether oxygens (including phenoxy) is 1. The first-order valence-electron chi connectivity index (χ1n) is 7.20. The van der Waals surface area contributed by atoms with Crippen LogP contribution in [0.3, 0.4) is 0 Å². The molecule has 0 fully saturated rings. The third-order valence-electron chi connectivity index (χ3n) is 3.79. The number of nitrogens with one attached hydrogen (secondary N) is 1. The van der Waals surface area contributed by atoms with Gasteiger partial charge in [0.05, 0.1) is 7.11 Å². The summed E-state index contributed by atoms with van der Waals surface area (Å²) in [5.41, 5.74) is 8.41. The minimum Gasteiger partial charge on any atom is -0.496 e. The topological polar surface area (TPSA) is 47.3 Å². The second-order valence-electron chi connectivity index (χ2n) is 5.10. The van der Waals surface area contributed by atoms with Gasteiger partial charge in [0.15, 0.2) is 0 Å². The van der Waals surface area contributed by atoms with Crippen LogP contribution in [-0.2, 0) is 0 Å². The van der Waals surface area contributed by atoms with E-state index >= 15 is 0 Å². The van der Waals surface area contributed by atoms with Gasteiger partial charge in [-0.25, -0.2) is 0 Å². The van der Waals surface area contributed by atoms with Crippen LogP contribution in [0.2, 0.25) is 5.02 Å². The molecule has 0 aliphatic heterocycles. The van der Waals surface area contributed by atoms with Gasteiger partial charge < -0.3 is 15.8 Å². The first kappa shape index (κ1) is 15.4. The molecule has 3 N–H and O–H groups in total. The molecule has 0 spiro atoms. The molecular formula is C16H23ClN2O. The van der Waals surface area contributed by atoms with Crippen molar-refractivity contribution in [2.75, 3.05) is 20.2 Å². The molecule has 0 radical (unpaired) electrons. The van der Waals surface area contributed by atoms with E-state index in [4.69, 9.17) is 22.1 Å². The molecule has 0 heterocycles. The number of allylic oxidation sites excluding steroid dienone is 1. The van der Waals surface area contributed by atoms with Gasteiger partial charge in [0, 0.05) is 23.2 Å². The monoisotopic (exact) mass is 294 g/mol. The highest BCUT2D eigenvalue weighted by Gasteiger charge is 2.17. The van der Waals surface area contributed by atoms with Crippen LogP contribution in [0, 0.1) is 0 Å². The first-order valence-corrected chi connectivity index (χ1v) is 7.57. The lowest BCUT2D eigenvalue weighted by molar-refractivity contribution is 0.399. The number of methoxy groups -OCH3 is 1. The van der Waals surface area contributed by atoms with Gasteiger partial charge in [-0.05, 0) is 44.4 Å². The second-order valence-corrected chi connectivity index (χ2v) is 5.51. The maximum Gasteiger partial charge on any atom is 0.125 e. The van der Waals surface area contributed by atoms with E-state index in [9.17, 15) is 0 Å². The number of halogens is 1. The summed E-state index contributed by atoms with van der Waals surface area (Å²) in [6.07, 6.45) is 7.21. The Hall–Kier alpha value is -1.03. The van der Waals surface area contributed by atoms with E-state index in [1.165, 1.54) is 19.3 Å². The fourth-order valence-corrected chi connectivity index (χ4v) is 3.01. The molecule has 1 aromatic rings. The molecule has 0 amide bonds. The van der Waals surface area contributed by atoms with Crippen molar-refractivity contribution in [1.29, 1.82) is 0 Å². The van der Waals surface area contributed by atoms with Crippen molar-refractivity contribution in [3.63, 3.8) is 0 Å². The molecule has 1 aliphatic rings. The van der Waals surface area contributed by atoms with Crippen molar-refractivity contribution in [3.8, 4) is 5.75 Å². The fraction of sp³-hybridized carbons (Fsp3) is 0.500. The lowest BCUT2D eigenvalue weighted by atomic mass is 10.0. The summed E-state index contributed by atoms with van der Waals surface area (Å²) in [6.45, 7) is 1.42. The van der Waals surface area contributed by atoms with Crippen molar-refractivity contribution in [3.05, 3.63) is 40.4 Å². The highest BCUT2D eigenvalue weighted by atomic mass is 35.5. The van der Waals surface area contributed by atoms with E-state index in [2.05, 4.69) is 11.4 Å². The maximum absolute atomic E-state index is 6.30. The molecule has 1 unspecified atom stereocenters. The van der Waals surface area contributed by atoms with Crippen LogP contribution < -0.4 is 15.8 Å². The van der Waals surface area contributed by atoms with E-state index < -0.39 is 0 Å². The second kappa shape index (κ2) is 7.67. The molecule has 0 aromatic heterocycles. The molecule has 110 valence electrons. The number of rotatable bonds is 7. The maximum atomic E-state index is 6.30. The summed E-state index contributed by atoms with van der Waals surface area (Å²) in [4.78, 5) is 0. The minimum atomic E-state index is 0.0284. The number of hydrogen-bond donors (Lipinski definition) is 2. The van der Waals surface area contributed by atoms with Gasteiger partial charge in [-0.15, -0.1) is 0 Å². The Morgan fingerprint density at radius 1 is 1.45 bits per heavy atom. The predicted molar refractivity (Wildman–Crippen MR) is 84.4 cm³/mol. The Balaban J connectivity index is 2.00. The van der Waals surface area contributed by atoms with Gasteiger partial charge in [0.25, 0.3) is 0 Å². The van der Waals surface area contributed by atoms with Crippen molar-refractivity contribution in [2.24, 2.45) is 5.73 Å². The van der Waals surface area contributed by atoms with Crippen LogP contribution >= 0.6 is 11.6 Å². The van der Waals surface area contributed by atoms with E-state index in [1.54, 1.807) is 12.7 Å². The molecule has 2 rings (SSSR count). The average molecular weight is 295 g/mol. The number of hydrogen-bond acceptors (Lipinski definition) is 3. The van der Waals surface area contributed by atoms with Crippen LogP contribution in [0.4, 0.5) is 0 Å². The zero-order valence-corrected chi connectivity index (χ0v) is 12.7. The van der Waals surface area contributed by atoms with Crippen LogP contribution in [0.5, 0.6) is 5.75 Å². The zero-order chi connectivity index (χ0) is 14.4. The van der Waals surface area contributed by atoms with E-state index in [-0.39, 0.29) is 6.04 Å². The lowest BCUT2D eigenvalue weighted by Gasteiger charge is -2.21. The molecule has 1 aliphatic carbocycles. The van der Waals surface area contributed by atoms with Gasteiger partial charge >= 0.3 is 0 Å². The molecule has 1 atom stereocenters. The Morgan fingerprint density at radius 3 is 2.95 bits per heavy atom. The SMILES string of the molecule is COc1cccc(Cl)c1C(CN)NCCC1=CCCC1. The quantitative estimate of drug-likeness (QED) is 0.757. The summed E-state index contributed by atoms with van der Waals surface area (Å²) in [6, 6.07) is 5.72. The molecule has 20 heavy (non-hydrogen) atoms. The molecular weight excluding hydrogens is 272 g/mol. The third kappa shape index (κ3) is 3.75. The van der Waals surface area contributed by atoms with Crippen LogP contribution in [-0.4, -0.2) is 20.2 Å². The molecule has 0 saturated heterocycles. The standard InChI is InChI=1S/C16H23ClN2O/c1-20-15-8-4-7-13(17)16(15)14(11-18)19-10-9-12-5-2-3-6-12/h4-5,7-8,14,19H,2-3,6,9-11,18H2,1H3. The van der Waals surface area contributed by atoms with Crippen molar-refractivity contribution < 1.29 is 4.74 Å². The Morgan fingerprint density at radius 2 is 2.30 bits per heavy atom. The third-order valence-corrected chi connectivity index (χ3v) is 4.12. The van der Waals surface area contributed by atoms with Gasteiger partial charge in [-0.2, -0.15) is 0 Å². The first-order chi connectivity index (χ1) is 9.76. The molecule has 4 heteroatoms. The van der Waals surface area contributed by atoms with Gasteiger partial charge in [0.2, 0.25) is 0 Å². The Kier molecular flexibility index (Phi) is 5.89. The highest BCUT2D eigenvalue weighted by molar-refractivity contribution is 6.31. The fourth-order valence-electron chi connectivity index (χ4n) is 2.71. The summed E-state index contributed by atoms with van der Waals surface area (Å²) in [5, 5.41) is 4.20. The summed E-state index contributed by atoms with van der Waals surface area (Å²) in [5.74, 6) is 0.792. The van der Waals surface area contributed by atoms with Crippen LogP contribution in [0.15, 0.2) is 29.8 Å². The van der Waals surface area contributed by atoms with Crippen LogP contribution in [0.1, 0.15) is 37.3 Å². The zero-order valence-electron chi connectivity index (χ0n) is 12.0. The molecule has 0 saturated carbocycles. The minimum absolute atomic E-state index is 0.0284. The van der Waals surface area contributed by atoms with Crippen LogP contribution in [0.25, 0.3) is 0 Å². The number of nitrogens with two attached hydrogens (primary N) is 1. The smallest absolute Gasteiger partial charge is 0.125 e. The molecule has 0 bridgehead atoms. The Labute approximate surface area is 126 Å². The highest BCUT2D eigenvalue weighted by Crippen LogP contribution is 2.31. The van der Waals surface area contributed by atoms with Gasteiger partial charge in [-0.3, -0.25) is 0 Å². The van der Waals surface area contributed by atoms with Crippen molar-refractivity contribution in [2.45, 2.75) is 31.7 Å². The van der Waals surface area contributed by atoms with Crippen molar-refractivity contribution in [1.82, 2.24) is 5.32 Å². The Bertz CT molecular complexity index is 474. The summed E-state index contributed by atoms with van der Waals surface area (Å²) >= 11 is 6.30. The summed E-state index contributed by atoms with van der Waals surface area (Å²) < 4.78 is 5.40. The molecule has 3 nitrogen and oxygen atoms in total.